The fourth-order valence-electron chi connectivity index (χ4n) is 4.17. The van der Waals surface area contributed by atoms with Crippen LogP contribution in [0.2, 0.25) is 0 Å². The molecule has 4 rings (SSSR count). The number of amides is 2. The van der Waals surface area contributed by atoms with Crippen LogP contribution in [0.15, 0.2) is 30.3 Å². The van der Waals surface area contributed by atoms with Crippen molar-refractivity contribution >= 4 is 6.03 Å². The number of urea groups is 1. The summed E-state index contributed by atoms with van der Waals surface area (Å²) in [5, 5.41) is 6.31. The van der Waals surface area contributed by atoms with Crippen LogP contribution >= 0.6 is 0 Å². The van der Waals surface area contributed by atoms with E-state index in [-0.39, 0.29) is 6.03 Å². The predicted octanol–water partition coefficient (Wildman–Crippen LogP) is 2.34. The molecule has 0 spiro atoms. The van der Waals surface area contributed by atoms with E-state index in [9.17, 15) is 4.79 Å². The van der Waals surface area contributed by atoms with Crippen molar-refractivity contribution in [1.29, 1.82) is 0 Å². The van der Waals surface area contributed by atoms with Crippen molar-refractivity contribution in [3.05, 3.63) is 35.9 Å². The second-order valence-electron chi connectivity index (χ2n) is 7.78. The molecule has 1 saturated carbocycles. The molecule has 5 heteroatoms. The molecule has 3 atom stereocenters. The van der Waals surface area contributed by atoms with Crippen LogP contribution in [-0.4, -0.2) is 55.9 Å². The van der Waals surface area contributed by atoms with E-state index in [1.807, 2.05) is 6.07 Å². The second kappa shape index (κ2) is 7.75. The van der Waals surface area contributed by atoms with Gasteiger partial charge in [0.05, 0.1) is 6.61 Å². The summed E-state index contributed by atoms with van der Waals surface area (Å²) in [5.74, 6) is 1.19. The zero-order valence-electron chi connectivity index (χ0n) is 14.8. The molecule has 0 unspecified atom stereocenters. The lowest BCUT2D eigenvalue weighted by Gasteiger charge is -2.33. The largest absolute Gasteiger partial charge is 0.381 e. The summed E-state index contributed by atoms with van der Waals surface area (Å²) in [7, 11) is 0. The minimum absolute atomic E-state index is 0.00562. The Morgan fingerprint density at radius 3 is 2.64 bits per heavy atom. The lowest BCUT2D eigenvalue weighted by Crippen LogP contribution is -2.49. The molecule has 0 bridgehead atoms. The molecule has 1 aromatic rings. The van der Waals surface area contributed by atoms with Crippen LogP contribution in [0.5, 0.6) is 0 Å². The van der Waals surface area contributed by atoms with Crippen LogP contribution in [0, 0.1) is 5.92 Å². The fourth-order valence-corrected chi connectivity index (χ4v) is 4.17. The van der Waals surface area contributed by atoms with Crippen LogP contribution in [0.1, 0.15) is 37.2 Å². The molecule has 2 N–H and O–H groups in total. The van der Waals surface area contributed by atoms with E-state index >= 15 is 0 Å². The molecule has 1 aliphatic carbocycles. The highest BCUT2D eigenvalue weighted by atomic mass is 16.5. The number of carbonyl (C=O) groups excluding carboxylic acids is 1. The Kier molecular flexibility index (Phi) is 5.22. The summed E-state index contributed by atoms with van der Waals surface area (Å²) in [6.07, 6.45) is 4.35. The summed E-state index contributed by atoms with van der Waals surface area (Å²) >= 11 is 0. The first-order valence-corrected chi connectivity index (χ1v) is 9.70. The maximum absolute atomic E-state index is 12.2. The highest BCUT2D eigenvalue weighted by molar-refractivity contribution is 5.75. The van der Waals surface area contributed by atoms with Crippen molar-refractivity contribution in [2.24, 2.45) is 5.92 Å². The lowest BCUT2D eigenvalue weighted by molar-refractivity contribution is 0.148. The third kappa shape index (κ3) is 4.53. The van der Waals surface area contributed by atoms with Crippen LogP contribution in [0.4, 0.5) is 4.79 Å². The third-order valence-corrected chi connectivity index (χ3v) is 5.80. The van der Waals surface area contributed by atoms with Crippen LogP contribution in [-0.2, 0) is 4.74 Å². The molecular formula is C20H29N3O2. The number of nitrogens with one attached hydrogen (secondary N) is 2. The fraction of sp³-hybridized carbons (Fsp3) is 0.650. The van der Waals surface area contributed by atoms with Crippen LogP contribution in [0.25, 0.3) is 0 Å². The summed E-state index contributed by atoms with van der Waals surface area (Å²) in [6, 6.07) is 11.1. The molecule has 3 fully saturated rings. The summed E-state index contributed by atoms with van der Waals surface area (Å²) in [5.41, 5.74) is 1.33. The summed E-state index contributed by atoms with van der Waals surface area (Å²) in [4.78, 5) is 14.8. The van der Waals surface area contributed by atoms with Gasteiger partial charge in [-0.1, -0.05) is 30.3 Å². The van der Waals surface area contributed by atoms with E-state index in [0.29, 0.717) is 23.9 Å². The highest BCUT2D eigenvalue weighted by Gasteiger charge is 2.39. The number of likely N-dealkylation sites (tertiary alicyclic amines) is 1. The van der Waals surface area contributed by atoms with Gasteiger partial charge in [-0.15, -0.1) is 0 Å². The SMILES string of the molecule is O=C(NC1CCN(C[C@@H]2CCOC2)CC1)N[C@H]1C[C@@H]1c1ccccc1. The first-order valence-electron chi connectivity index (χ1n) is 9.70. The Labute approximate surface area is 150 Å². The van der Waals surface area contributed by atoms with Crippen molar-refractivity contribution < 1.29 is 9.53 Å². The van der Waals surface area contributed by atoms with E-state index < -0.39 is 0 Å². The first kappa shape index (κ1) is 16.9. The Bertz CT molecular complexity index is 566. The van der Waals surface area contributed by atoms with E-state index in [2.05, 4.69) is 39.8 Å². The van der Waals surface area contributed by atoms with Gasteiger partial charge in [-0.25, -0.2) is 4.79 Å². The quantitative estimate of drug-likeness (QED) is 0.863. The normalized spacial score (nSPS) is 30.2. The predicted molar refractivity (Wildman–Crippen MR) is 97.6 cm³/mol. The number of piperidine rings is 1. The zero-order chi connectivity index (χ0) is 17.1. The van der Waals surface area contributed by atoms with E-state index in [1.165, 1.54) is 12.0 Å². The van der Waals surface area contributed by atoms with Gasteiger partial charge in [0.15, 0.2) is 0 Å². The Balaban J connectivity index is 1.15. The molecule has 0 aromatic heterocycles. The van der Waals surface area contributed by atoms with Crippen molar-refractivity contribution in [2.75, 3.05) is 32.8 Å². The average molecular weight is 343 g/mol. The van der Waals surface area contributed by atoms with Gasteiger partial charge in [0.2, 0.25) is 0 Å². The van der Waals surface area contributed by atoms with Crippen molar-refractivity contribution in [3.63, 3.8) is 0 Å². The number of benzene rings is 1. The van der Waals surface area contributed by atoms with Crippen molar-refractivity contribution in [2.45, 2.75) is 43.7 Å². The average Bonchev–Trinajstić information content (AvgIpc) is 3.20. The van der Waals surface area contributed by atoms with E-state index in [0.717, 1.165) is 52.1 Å². The number of hydrogen-bond acceptors (Lipinski definition) is 3. The maximum Gasteiger partial charge on any atom is 0.315 e. The van der Waals surface area contributed by atoms with Gasteiger partial charge >= 0.3 is 6.03 Å². The highest BCUT2D eigenvalue weighted by Crippen LogP contribution is 2.40. The molecule has 2 aliphatic heterocycles. The molecule has 25 heavy (non-hydrogen) atoms. The smallest absolute Gasteiger partial charge is 0.315 e. The molecule has 2 saturated heterocycles. The first-order chi connectivity index (χ1) is 12.3. The number of hydrogen-bond donors (Lipinski definition) is 2. The van der Waals surface area contributed by atoms with Crippen molar-refractivity contribution in [3.8, 4) is 0 Å². The molecule has 2 amide bonds. The topological polar surface area (TPSA) is 53.6 Å². The molecule has 3 aliphatic rings. The number of nitrogens with zero attached hydrogens (tertiary/aromatic N) is 1. The summed E-state index contributed by atoms with van der Waals surface area (Å²) in [6.45, 7) is 5.16. The Hall–Kier alpha value is -1.59. The van der Waals surface area contributed by atoms with Gasteiger partial charge < -0.3 is 20.3 Å². The van der Waals surface area contributed by atoms with Gasteiger partial charge in [-0.05, 0) is 37.2 Å². The third-order valence-electron chi connectivity index (χ3n) is 5.80. The number of ether oxygens (including phenoxy) is 1. The maximum atomic E-state index is 12.2. The molecular weight excluding hydrogens is 314 g/mol. The number of rotatable bonds is 5. The van der Waals surface area contributed by atoms with Gasteiger partial charge in [0, 0.05) is 44.2 Å². The molecule has 1 aromatic carbocycles. The minimum atomic E-state index is 0.00562. The molecule has 2 heterocycles. The van der Waals surface area contributed by atoms with Gasteiger partial charge in [0.1, 0.15) is 0 Å². The van der Waals surface area contributed by atoms with Gasteiger partial charge in [-0.2, -0.15) is 0 Å². The second-order valence-corrected chi connectivity index (χ2v) is 7.78. The van der Waals surface area contributed by atoms with Crippen LogP contribution in [0.3, 0.4) is 0 Å². The monoisotopic (exact) mass is 343 g/mol. The summed E-state index contributed by atoms with van der Waals surface area (Å²) < 4.78 is 5.46. The van der Waals surface area contributed by atoms with Crippen molar-refractivity contribution in [1.82, 2.24) is 15.5 Å². The zero-order valence-corrected chi connectivity index (χ0v) is 14.8. The molecule has 136 valence electrons. The Morgan fingerprint density at radius 1 is 1.12 bits per heavy atom. The van der Waals surface area contributed by atoms with Gasteiger partial charge in [-0.3, -0.25) is 0 Å². The minimum Gasteiger partial charge on any atom is -0.381 e. The number of carbonyl (C=O) groups is 1. The van der Waals surface area contributed by atoms with Crippen LogP contribution < -0.4 is 10.6 Å². The molecule has 0 radical (unpaired) electrons. The lowest BCUT2D eigenvalue weighted by atomic mass is 10.0. The molecule has 5 nitrogen and oxygen atoms in total. The standard InChI is InChI=1S/C20H29N3O2/c24-20(22-19-12-18(19)16-4-2-1-3-5-16)21-17-6-9-23(10-7-17)13-15-8-11-25-14-15/h1-5,15,17-19H,6-14H2,(H2,21,22,24)/t15-,18+,19-/m0/s1. The van der Waals surface area contributed by atoms with Gasteiger partial charge in [0.25, 0.3) is 0 Å². The van der Waals surface area contributed by atoms with E-state index in [4.69, 9.17) is 4.74 Å². The van der Waals surface area contributed by atoms with E-state index in [1.54, 1.807) is 0 Å². The Morgan fingerprint density at radius 2 is 1.92 bits per heavy atom.